The van der Waals surface area contributed by atoms with Gasteiger partial charge < -0.3 is 25.0 Å². The fraction of sp³-hybridized carbons (Fsp3) is 0.952. The van der Waals surface area contributed by atoms with Crippen LogP contribution >= 0.6 is 0 Å². The lowest BCUT2D eigenvalue weighted by atomic mass is 9.93. The number of hydrogen-bond acceptors (Lipinski definition) is 4. The highest BCUT2D eigenvalue weighted by atomic mass is 16.5. The van der Waals surface area contributed by atoms with Gasteiger partial charge in [-0.25, -0.2) is 0 Å². The van der Waals surface area contributed by atoms with Gasteiger partial charge in [0.05, 0.1) is 0 Å². The first-order valence-corrected chi connectivity index (χ1v) is 11.2. The number of guanidine groups is 1. The Labute approximate surface area is 166 Å². The topological polar surface area (TPSA) is 58.1 Å². The number of ether oxygens (including phenoxy) is 2. The normalized spacial score (nSPS) is 20.7. The van der Waals surface area contributed by atoms with Gasteiger partial charge in [-0.3, -0.25) is 4.99 Å². The number of nitrogens with one attached hydrogen (secondary N) is 2. The summed E-state index contributed by atoms with van der Waals surface area (Å²) in [5.41, 5.74) is 0. The molecule has 158 valence electrons. The molecule has 0 aliphatic carbocycles. The van der Waals surface area contributed by atoms with Crippen LogP contribution in [0.2, 0.25) is 0 Å². The molecule has 0 bridgehead atoms. The smallest absolute Gasteiger partial charge is 0.191 e. The first-order chi connectivity index (χ1) is 13.3. The second kappa shape index (κ2) is 14.2. The molecular weight excluding hydrogens is 340 g/mol. The van der Waals surface area contributed by atoms with Crippen LogP contribution in [-0.4, -0.2) is 76.6 Å². The Morgan fingerprint density at radius 3 is 2.56 bits per heavy atom. The molecule has 2 N–H and O–H groups in total. The van der Waals surface area contributed by atoms with Crippen LogP contribution in [0.1, 0.15) is 52.4 Å². The number of nitrogens with zero attached hydrogens (tertiary/aromatic N) is 2. The monoisotopic (exact) mass is 382 g/mol. The predicted octanol–water partition coefficient (Wildman–Crippen LogP) is 2.50. The summed E-state index contributed by atoms with van der Waals surface area (Å²) in [5, 5.41) is 6.86. The van der Waals surface area contributed by atoms with Gasteiger partial charge in [0.25, 0.3) is 0 Å². The lowest BCUT2D eigenvalue weighted by Gasteiger charge is -2.31. The van der Waals surface area contributed by atoms with Crippen LogP contribution in [0.5, 0.6) is 0 Å². The number of likely N-dealkylation sites (tertiary alicyclic amines) is 1. The molecule has 0 aromatic rings. The fourth-order valence-electron chi connectivity index (χ4n) is 3.85. The Kier molecular flexibility index (Phi) is 11.8. The van der Waals surface area contributed by atoms with Crippen LogP contribution in [0, 0.1) is 11.8 Å². The minimum Gasteiger partial charge on any atom is -0.381 e. The van der Waals surface area contributed by atoms with E-state index in [1.54, 1.807) is 0 Å². The molecule has 6 heteroatoms. The molecular formula is C21H42N4O2. The number of rotatable bonds is 11. The molecule has 0 atom stereocenters. The highest BCUT2D eigenvalue weighted by Crippen LogP contribution is 2.19. The Morgan fingerprint density at radius 1 is 1.07 bits per heavy atom. The van der Waals surface area contributed by atoms with Crippen LogP contribution in [0.3, 0.4) is 0 Å². The van der Waals surface area contributed by atoms with Gasteiger partial charge in [0.2, 0.25) is 0 Å². The molecule has 0 aromatic carbocycles. The third-order valence-electron chi connectivity index (χ3n) is 5.75. The number of hydrogen-bond donors (Lipinski definition) is 2. The van der Waals surface area contributed by atoms with Gasteiger partial charge in [0, 0.05) is 46.1 Å². The maximum atomic E-state index is 5.82. The molecule has 2 aliphatic rings. The summed E-state index contributed by atoms with van der Waals surface area (Å²) in [4.78, 5) is 7.25. The van der Waals surface area contributed by atoms with E-state index in [1.165, 1.54) is 38.9 Å². The Balaban J connectivity index is 1.52. The van der Waals surface area contributed by atoms with Crippen molar-refractivity contribution in [1.29, 1.82) is 0 Å². The van der Waals surface area contributed by atoms with Crippen LogP contribution in [0.4, 0.5) is 0 Å². The fourth-order valence-corrected chi connectivity index (χ4v) is 3.85. The van der Waals surface area contributed by atoms with Crippen LogP contribution in [0.15, 0.2) is 4.99 Å². The molecule has 2 fully saturated rings. The first kappa shape index (κ1) is 22.4. The highest BCUT2D eigenvalue weighted by Gasteiger charge is 2.17. The molecule has 0 aromatic heterocycles. The highest BCUT2D eigenvalue weighted by molar-refractivity contribution is 5.79. The predicted molar refractivity (Wildman–Crippen MR) is 112 cm³/mol. The van der Waals surface area contributed by atoms with E-state index < -0.39 is 0 Å². The quantitative estimate of drug-likeness (QED) is 0.327. The van der Waals surface area contributed by atoms with Crippen molar-refractivity contribution in [2.24, 2.45) is 16.8 Å². The molecule has 0 amide bonds. The van der Waals surface area contributed by atoms with Gasteiger partial charge in [0.1, 0.15) is 0 Å². The largest absolute Gasteiger partial charge is 0.381 e. The number of aliphatic imine (C=N–C) groups is 1. The van der Waals surface area contributed by atoms with E-state index in [1.807, 2.05) is 0 Å². The zero-order valence-electron chi connectivity index (χ0n) is 17.7. The van der Waals surface area contributed by atoms with Crippen molar-refractivity contribution >= 4 is 5.96 Å². The van der Waals surface area contributed by atoms with E-state index in [0.29, 0.717) is 5.92 Å². The van der Waals surface area contributed by atoms with E-state index in [4.69, 9.17) is 14.5 Å². The van der Waals surface area contributed by atoms with Crippen molar-refractivity contribution < 1.29 is 9.47 Å². The third kappa shape index (κ3) is 9.77. The maximum absolute atomic E-state index is 5.82. The molecule has 6 nitrogen and oxygen atoms in total. The molecule has 27 heavy (non-hydrogen) atoms. The van der Waals surface area contributed by atoms with E-state index in [9.17, 15) is 0 Å². The van der Waals surface area contributed by atoms with Crippen LogP contribution in [-0.2, 0) is 9.47 Å². The standard InChI is InChI=1S/C21H42N4O2/c1-3-22-21(24-12-6-19-7-13-25(4-2)14-8-19)23-11-5-15-27-18-20-9-16-26-17-10-20/h19-20H,3-18H2,1-2H3,(H2,22,23,24). The first-order valence-electron chi connectivity index (χ1n) is 11.2. The average Bonchev–Trinajstić information content (AvgIpc) is 2.71. The molecule has 2 saturated heterocycles. The van der Waals surface area contributed by atoms with Gasteiger partial charge in [-0.05, 0) is 76.9 Å². The van der Waals surface area contributed by atoms with Gasteiger partial charge in [-0.1, -0.05) is 6.92 Å². The van der Waals surface area contributed by atoms with Crippen LogP contribution in [0.25, 0.3) is 0 Å². The van der Waals surface area contributed by atoms with Crippen molar-refractivity contribution in [2.75, 3.05) is 65.7 Å². The minimum absolute atomic E-state index is 0.686. The van der Waals surface area contributed by atoms with Crippen molar-refractivity contribution in [3.05, 3.63) is 0 Å². The van der Waals surface area contributed by atoms with Gasteiger partial charge in [0.15, 0.2) is 5.96 Å². The van der Waals surface area contributed by atoms with E-state index in [0.717, 1.165) is 77.2 Å². The van der Waals surface area contributed by atoms with E-state index >= 15 is 0 Å². The molecule has 2 aliphatic heterocycles. The summed E-state index contributed by atoms with van der Waals surface area (Å²) >= 11 is 0. The SMILES string of the molecule is CCNC(=NCCCOCC1CCOCC1)NCCC1CCN(CC)CC1. The second-order valence-electron chi connectivity index (χ2n) is 7.84. The molecule has 2 rings (SSSR count). The Bertz CT molecular complexity index is 392. The maximum Gasteiger partial charge on any atom is 0.191 e. The summed E-state index contributed by atoms with van der Waals surface area (Å²) in [7, 11) is 0. The van der Waals surface area contributed by atoms with E-state index in [2.05, 4.69) is 29.4 Å². The Morgan fingerprint density at radius 2 is 1.85 bits per heavy atom. The third-order valence-corrected chi connectivity index (χ3v) is 5.75. The molecule has 0 spiro atoms. The van der Waals surface area contributed by atoms with Gasteiger partial charge in [-0.2, -0.15) is 0 Å². The lowest BCUT2D eigenvalue weighted by molar-refractivity contribution is 0.0205. The summed E-state index contributed by atoms with van der Waals surface area (Å²) in [5.74, 6) is 2.50. The van der Waals surface area contributed by atoms with Gasteiger partial charge in [-0.15, -0.1) is 0 Å². The minimum atomic E-state index is 0.686. The van der Waals surface area contributed by atoms with Crippen molar-refractivity contribution in [3.63, 3.8) is 0 Å². The second-order valence-corrected chi connectivity index (χ2v) is 7.84. The molecule has 0 saturated carbocycles. The summed E-state index contributed by atoms with van der Waals surface area (Å²) in [6.45, 7) is 14.3. The van der Waals surface area contributed by atoms with Crippen molar-refractivity contribution in [1.82, 2.24) is 15.5 Å². The summed E-state index contributed by atoms with van der Waals surface area (Å²) < 4.78 is 11.2. The van der Waals surface area contributed by atoms with Crippen molar-refractivity contribution in [2.45, 2.75) is 52.4 Å². The number of piperidine rings is 1. The Hall–Kier alpha value is -0.850. The van der Waals surface area contributed by atoms with Crippen LogP contribution < -0.4 is 10.6 Å². The molecule has 0 radical (unpaired) electrons. The zero-order chi connectivity index (χ0) is 19.2. The average molecular weight is 383 g/mol. The van der Waals surface area contributed by atoms with Gasteiger partial charge >= 0.3 is 0 Å². The lowest BCUT2D eigenvalue weighted by Crippen LogP contribution is -2.39. The summed E-state index contributed by atoms with van der Waals surface area (Å²) in [6.07, 6.45) is 7.20. The zero-order valence-corrected chi connectivity index (χ0v) is 17.7. The molecule has 0 unspecified atom stereocenters. The summed E-state index contributed by atoms with van der Waals surface area (Å²) in [6, 6.07) is 0. The van der Waals surface area contributed by atoms with Crippen molar-refractivity contribution in [3.8, 4) is 0 Å². The molecule has 2 heterocycles. The van der Waals surface area contributed by atoms with E-state index in [-0.39, 0.29) is 0 Å².